The highest BCUT2D eigenvalue weighted by Crippen LogP contribution is 2.18. The maximum atomic E-state index is 12.3. The number of anilines is 1. The number of nitrogens with zero attached hydrogens (tertiary/aromatic N) is 2. The fourth-order valence-corrected chi connectivity index (χ4v) is 1.96. The van der Waals surface area contributed by atoms with Gasteiger partial charge in [-0.05, 0) is 32.4 Å². The first kappa shape index (κ1) is 15.8. The summed E-state index contributed by atoms with van der Waals surface area (Å²) in [6, 6.07) is 6.86. The van der Waals surface area contributed by atoms with E-state index >= 15 is 0 Å². The van der Waals surface area contributed by atoms with Crippen LogP contribution in [0.4, 0.5) is 5.69 Å². The van der Waals surface area contributed by atoms with Crippen molar-refractivity contribution in [1.82, 2.24) is 9.78 Å². The summed E-state index contributed by atoms with van der Waals surface area (Å²) in [7, 11) is 0. The van der Waals surface area contributed by atoms with E-state index in [0.29, 0.717) is 16.8 Å². The molecular formula is C16H19N3O3. The Morgan fingerprint density at radius 2 is 1.95 bits per heavy atom. The molecule has 1 aromatic heterocycles. The molecule has 0 saturated carbocycles. The predicted octanol–water partition coefficient (Wildman–Crippen LogP) is 2.52. The lowest BCUT2D eigenvalue weighted by molar-refractivity contribution is -0.136. The molecule has 1 aromatic carbocycles. The highest BCUT2D eigenvalue weighted by Gasteiger charge is 2.17. The third-order valence-corrected chi connectivity index (χ3v) is 3.14. The van der Waals surface area contributed by atoms with Gasteiger partial charge in [-0.25, -0.2) is 0 Å². The second-order valence-electron chi connectivity index (χ2n) is 6.03. The van der Waals surface area contributed by atoms with Crippen molar-refractivity contribution in [2.24, 2.45) is 0 Å². The number of aliphatic carboxylic acids is 1. The van der Waals surface area contributed by atoms with E-state index in [1.165, 1.54) is 6.20 Å². The molecule has 0 aliphatic heterocycles. The molecule has 0 aliphatic rings. The molecule has 0 aliphatic carbocycles. The topological polar surface area (TPSA) is 84.2 Å². The Bertz CT molecular complexity index is 699. The molecule has 0 unspecified atom stereocenters. The van der Waals surface area contributed by atoms with Crippen LogP contribution in [-0.4, -0.2) is 26.8 Å². The van der Waals surface area contributed by atoms with Crippen LogP contribution >= 0.6 is 0 Å². The van der Waals surface area contributed by atoms with Crippen LogP contribution in [0.1, 0.15) is 36.7 Å². The monoisotopic (exact) mass is 301 g/mol. The van der Waals surface area contributed by atoms with Gasteiger partial charge < -0.3 is 10.4 Å². The molecule has 2 rings (SSSR count). The van der Waals surface area contributed by atoms with E-state index in [1.807, 2.05) is 20.8 Å². The van der Waals surface area contributed by atoms with E-state index in [-0.39, 0.29) is 17.9 Å². The number of carbonyl (C=O) groups is 2. The smallest absolute Gasteiger partial charge is 0.307 e. The lowest BCUT2D eigenvalue weighted by atomic mass is 10.1. The number of nitrogens with one attached hydrogen (secondary N) is 1. The normalized spacial score (nSPS) is 11.2. The second-order valence-corrected chi connectivity index (χ2v) is 6.03. The van der Waals surface area contributed by atoms with Crippen LogP contribution in [0.3, 0.4) is 0 Å². The Morgan fingerprint density at radius 3 is 2.55 bits per heavy atom. The summed E-state index contributed by atoms with van der Waals surface area (Å²) in [5.41, 5.74) is 1.28. The molecule has 0 radical (unpaired) electrons. The standard InChI is InChI=1S/C16H19N3O3/c1-16(2,3)19-10-12(9-17-19)15(22)18-13-7-5-4-6-11(13)8-14(20)21/h4-7,9-10H,8H2,1-3H3,(H,18,22)(H,20,21). The molecule has 0 fully saturated rings. The zero-order chi connectivity index (χ0) is 16.3. The van der Waals surface area contributed by atoms with E-state index in [2.05, 4.69) is 10.4 Å². The van der Waals surface area contributed by atoms with Gasteiger partial charge in [0.15, 0.2) is 0 Å². The second kappa shape index (κ2) is 6.01. The minimum absolute atomic E-state index is 0.141. The first-order valence-electron chi connectivity index (χ1n) is 6.93. The van der Waals surface area contributed by atoms with Gasteiger partial charge in [-0.2, -0.15) is 5.10 Å². The van der Waals surface area contributed by atoms with Crippen molar-refractivity contribution in [1.29, 1.82) is 0 Å². The molecule has 1 heterocycles. The Balaban J connectivity index is 2.19. The number of carboxylic acids is 1. The summed E-state index contributed by atoms with van der Waals surface area (Å²) < 4.78 is 1.71. The summed E-state index contributed by atoms with van der Waals surface area (Å²) in [6.07, 6.45) is 3.03. The van der Waals surface area contributed by atoms with Gasteiger partial charge in [0.1, 0.15) is 0 Å². The van der Waals surface area contributed by atoms with Gasteiger partial charge in [-0.1, -0.05) is 18.2 Å². The zero-order valence-electron chi connectivity index (χ0n) is 12.8. The maximum absolute atomic E-state index is 12.3. The highest BCUT2D eigenvalue weighted by molar-refractivity contribution is 6.04. The van der Waals surface area contributed by atoms with Crippen LogP contribution in [0.15, 0.2) is 36.7 Å². The fourth-order valence-electron chi connectivity index (χ4n) is 1.96. The predicted molar refractivity (Wildman–Crippen MR) is 83.0 cm³/mol. The van der Waals surface area contributed by atoms with Crippen molar-refractivity contribution in [3.63, 3.8) is 0 Å². The first-order chi connectivity index (χ1) is 10.3. The molecular weight excluding hydrogens is 282 g/mol. The van der Waals surface area contributed by atoms with Crippen molar-refractivity contribution in [2.75, 3.05) is 5.32 Å². The van der Waals surface area contributed by atoms with Gasteiger partial charge in [0.2, 0.25) is 0 Å². The summed E-state index contributed by atoms with van der Waals surface area (Å²) in [6.45, 7) is 5.97. The van der Waals surface area contributed by atoms with Crippen molar-refractivity contribution in [3.8, 4) is 0 Å². The van der Waals surface area contributed by atoms with E-state index in [0.717, 1.165) is 0 Å². The molecule has 22 heavy (non-hydrogen) atoms. The molecule has 2 aromatic rings. The van der Waals surface area contributed by atoms with E-state index < -0.39 is 5.97 Å². The number of benzene rings is 1. The summed E-state index contributed by atoms with van der Waals surface area (Å²) in [5, 5.41) is 15.8. The highest BCUT2D eigenvalue weighted by atomic mass is 16.4. The third kappa shape index (κ3) is 3.72. The van der Waals surface area contributed by atoms with Gasteiger partial charge in [0, 0.05) is 11.9 Å². The Kier molecular flexibility index (Phi) is 4.30. The largest absolute Gasteiger partial charge is 0.481 e. The average Bonchev–Trinajstić information content (AvgIpc) is 2.90. The Labute approximate surface area is 128 Å². The molecule has 0 atom stereocenters. The number of aromatic nitrogens is 2. The van der Waals surface area contributed by atoms with Crippen LogP contribution in [0.2, 0.25) is 0 Å². The van der Waals surface area contributed by atoms with E-state index in [4.69, 9.17) is 5.11 Å². The maximum Gasteiger partial charge on any atom is 0.307 e. The van der Waals surface area contributed by atoms with Gasteiger partial charge in [-0.15, -0.1) is 0 Å². The van der Waals surface area contributed by atoms with Crippen LogP contribution in [-0.2, 0) is 16.8 Å². The van der Waals surface area contributed by atoms with E-state index in [9.17, 15) is 9.59 Å². The molecule has 6 nitrogen and oxygen atoms in total. The number of carbonyl (C=O) groups excluding carboxylic acids is 1. The van der Waals surface area contributed by atoms with Crippen molar-refractivity contribution >= 4 is 17.6 Å². The van der Waals surface area contributed by atoms with Gasteiger partial charge in [0.05, 0.1) is 23.7 Å². The Morgan fingerprint density at radius 1 is 1.27 bits per heavy atom. The van der Waals surface area contributed by atoms with Crippen LogP contribution < -0.4 is 5.32 Å². The average molecular weight is 301 g/mol. The summed E-state index contributed by atoms with van der Waals surface area (Å²) >= 11 is 0. The van der Waals surface area contributed by atoms with E-state index in [1.54, 1.807) is 35.1 Å². The molecule has 116 valence electrons. The van der Waals surface area contributed by atoms with Crippen molar-refractivity contribution in [3.05, 3.63) is 47.8 Å². The molecule has 0 saturated heterocycles. The number of hydrogen-bond donors (Lipinski definition) is 2. The van der Waals surface area contributed by atoms with Crippen molar-refractivity contribution < 1.29 is 14.7 Å². The van der Waals surface area contributed by atoms with Crippen molar-refractivity contribution in [2.45, 2.75) is 32.7 Å². The quantitative estimate of drug-likeness (QED) is 0.908. The number of hydrogen-bond acceptors (Lipinski definition) is 3. The first-order valence-corrected chi connectivity index (χ1v) is 6.93. The molecule has 0 spiro atoms. The minimum atomic E-state index is -0.942. The molecule has 1 amide bonds. The fraction of sp³-hybridized carbons (Fsp3) is 0.312. The Hall–Kier alpha value is -2.63. The van der Waals surface area contributed by atoms with Gasteiger partial charge >= 0.3 is 5.97 Å². The lowest BCUT2D eigenvalue weighted by Gasteiger charge is -2.18. The molecule has 2 N–H and O–H groups in total. The summed E-state index contributed by atoms with van der Waals surface area (Å²) in [4.78, 5) is 23.1. The van der Waals surface area contributed by atoms with Gasteiger partial charge in [-0.3, -0.25) is 14.3 Å². The number of para-hydroxylation sites is 1. The summed E-state index contributed by atoms with van der Waals surface area (Å²) in [5.74, 6) is -1.25. The number of amides is 1. The van der Waals surface area contributed by atoms with Gasteiger partial charge in [0.25, 0.3) is 5.91 Å². The van der Waals surface area contributed by atoms with Crippen LogP contribution in [0, 0.1) is 0 Å². The third-order valence-electron chi connectivity index (χ3n) is 3.14. The van der Waals surface area contributed by atoms with Crippen LogP contribution in [0.25, 0.3) is 0 Å². The van der Waals surface area contributed by atoms with Crippen LogP contribution in [0.5, 0.6) is 0 Å². The molecule has 0 bridgehead atoms. The number of rotatable bonds is 4. The minimum Gasteiger partial charge on any atom is -0.481 e. The molecule has 6 heteroatoms. The SMILES string of the molecule is CC(C)(C)n1cc(C(=O)Nc2ccccc2CC(=O)O)cn1. The lowest BCUT2D eigenvalue weighted by Crippen LogP contribution is -2.22. The zero-order valence-corrected chi connectivity index (χ0v) is 12.8. The number of carboxylic acid groups (broad SMARTS) is 1.